The third-order valence-corrected chi connectivity index (χ3v) is 5.72. The minimum Gasteiger partial charge on any atom is -0.490 e. The lowest BCUT2D eigenvalue weighted by atomic mass is 10.1. The molecule has 2 aliphatic heterocycles. The first-order chi connectivity index (χ1) is 14.2. The highest BCUT2D eigenvalue weighted by atomic mass is 16.5. The lowest BCUT2D eigenvalue weighted by Crippen LogP contribution is -2.46. The zero-order valence-corrected chi connectivity index (χ0v) is 16.3. The highest BCUT2D eigenvalue weighted by Crippen LogP contribution is 2.27. The molecule has 0 aliphatic carbocycles. The Balaban J connectivity index is 1.34. The van der Waals surface area contributed by atoms with E-state index in [1.807, 2.05) is 24.3 Å². The lowest BCUT2D eigenvalue weighted by molar-refractivity contribution is -0.132. The Kier molecular flexibility index (Phi) is 5.59. The van der Waals surface area contributed by atoms with Crippen LogP contribution in [0.15, 0.2) is 30.3 Å². The third kappa shape index (κ3) is 4.16. The van der Waals surface area contributed by atoms with Crippen LogP contribution in [-0.4, -0.2) is 59.0 Å². The molecule has 29 heavy (non-hydrogen) atoms. The van der Waals surface area contributed by atoms with E-state index in [0.29, 0.717) is 18.8 Å². The Morgan fingerprint density at radius 3 is 2.72 bits per heavy atom. The summed E-state index contributed by atoms with van der Waals surface area (Å²) in [6, 6.07) is 13.3. The first-order valence-electron chi connectivity index (χ1n) is 10.1. The standard InChI is InChI=1S/C22H23N5O2/c23-13-16-6-7-19-20(25-16)4-1-5-21(19)29-18-8-11-26(12-9-18)15-22(28)27-10-2-3-17(27)14-24/h1,4-7,17-18H,2-3,8-12,15H2. The molecule has 1 unspecified atom stereocenters. The number of nitriles is 2. The second-order valence-electron chi connectivity index (χ2n) is 7.60. The van der Waals surface area contributed by atoms with E-state index in [1.54, 1.807) is 11.0 Å². The summed E-state index contributed by atoms with van der Waals surface area (Å²) >= 11 is 0. The van der Waals surface area contributed by atoms with Crippen molar-refractivity contribution in [1.29, 1.82) is 10.5 Å². The number of carbonyl (C=O) groups excluding carboxylic acids is 1. The number of aromatic nitrogens is 1. The molecule has 7 heteroatoms. The molecule has 2 aliphatic rings. The van der Waals surface area contributed by atoms with E-state index in [2.05, 4.69) is 22.0 Å². The van der Waals surface area contributed by atoms with Crippen LogP contribution in [0.2, 0.25) is 0 Å². The van der Waals surface area contributed by atoms with Gasteiger partial charge in [-0.25, -0.2) is 4.98 Å². The molecule has 0 N–H and O–H groups in total. The zero-order chi connectivity index (χ0) is 20.2. The quantitative estimate of drug-likeness (QED) is 0.797. The van der Waals surface area contributed by atoms with Gasteiger partial charge < -0.3 is 9.64 Å². The maximum absolute atomic E-state index is 12.5. The van der Waals surface area contributed by atoms with Crippen LogP contribution >= 0.6 is 0 Å². The van der Waals surface area contributed by atoms with Gasteiger partial charge in [0.25, 0.3) is 0 Å². The van der Waals surface area contributed by atoms with Gasteiger partial charge in [-0.3, -0.25) is 9.69 Å². The van der Waals surface area contributed by atoms with Gasteiger partial charge in [-0.1, -0.05) is 6.07 Å². The largest absolute Gasteiger partial charge is 0.490 e. The number of hydrogen-bond donors (Lipinski definition) is 0. The highest BCUT2D eigenvalue weighted by Gasteiger charge is 2.30. The van der Waals surface area contributed by atoms with Crippen molar-refractivity contribution >= 4 is 16.8 Å². The van der Waals surface area contributed by atoms with E-state index in [1.165, 1.54) is 0 Å². The molecule has 148 valence electrons. The molecule has 3 heterocycles. The zero-order valence-electron chi connectivity index (χ0n) is 16.3. The smallest absolute Gasteiger partial charge is 0.237 e. The Bertz CT molecular complexity index is 985. The summed E-state index contributed by atoms with van der Waals surface area (Å²) in [5, 5.41) is 19.1. The van der Waals surface area contributed by atoms with Crippen LogP contribution < -0.4 is 4.74 Å². The molecule has 1 aromatic carbocycles. The fraction of sp³-hybridized carbons (Fsp3) is 0.455. The number of likely N-dealkylation sites (tertiary alicyclic amines) is 2. The van der Waals surface area contributed by atoms with Gasteiger partial charge >= 0.3 is 0 Å². The predicted molar refractivity (Wildman–Crippen MR) is 107 cm³/mol. The number of piperidine rings is 1. The Labute approximate surface area is 170 Å². The summed E-state index contributed by atoms with van der Waals surface area (Å²) in [5.74, 6) is 0.838. The second kappa shape index (κ2) is 8.46. The van der Waals surface area contributed by atoms with Gasteiger partial charge in [0.1, 0.15) is 29.7 Å². The first kappa shape index (κ1) is 19.2. The molecule has 0 spiro atoms. The predicted octanol–water partition coefficient (Wildman–Crippen LogP) is 2.46. The van der Waals surface area contributed by atoms with Crippen molar-refractivity contribution in [3.05, 3.63) is 36.0 Å². The number of ether oxygens (including phenoxy) is 1. The van der Waals surface area contributed by atoms with Crippen molar-refractivity contribution in [3.8, 4) is 17.9 Å². The van der Waals surface area contributed by atoms with Gasteiger partial charge in [-0.15, -0.1) is 0 Å². The van der Waals surface area contributed by atoms with Crippen LogP contribution in [0.4, 0.5) is 0 Å². The lowest BCUT2D eigenvalue weighted by Gasteiger charge is -2.33. The number of benzene rings is 1. The molecule has 4 rings (SSSR count). The van der Waals surface area contributed by atoms with E-state index in [-0.39, 0.29) is 18.1 Å². The molecule has 1 aromatic heterocycles. The number of carbonyl (C=O) groups is 1. The van der Waals surface area contributed by atoms with Crippen molar-refractivity contribution < 1.29 is 9.53 Å². The minimum atomic E-state index is -0.259. The van der Waals surface area contributed by atoms with Crippen molar-refractivity contribution in [3.63, 3.8) is 0 Å². The topological polar surface area (TPSA) is 93.2 Å². The number of rotatable bonds is 4. The molecular weight excluding hydrogens is 366 g/mol. The average Bonchev–Trinajstić information content (AvgIpc) is 3.24. The summed E-state index contributed by atoms with van der Waals surface area (Å²) in [6.07, 6.45) is 3.47. The second-order valence-corrected chi connectivity index (χ2v) is 7.60. The van der Waals surface area contributed by atoms with E-state index < -0.39 is 0 Å². The number of amides is 1. The summed E-state index contributed by atoms with van der Waals surface area (Å²) in [6.45, 7) is 2.66. The monoisotopic (exact) mass is 389 g/mol. The molecule has 0 bridgehead atoms. The van der Waals surface area contributed by atoms with Gasteiger partial charge in [0.2, 0.25) is 5.91 Å². The van der Waals surface area contributed by atoms with Crippen molar-refractivity contribution in [2.75, 3.05) is 26.2 Å². The van der Waals surface area contributed by atoms with Crippen LogP contribution in [0.25, 0.3) is 10.9 Å². The molecule has 0 radical (unpaired) electrons. The van der Waals surface area contributed by atoms with Crippen molar-refractivity contribution in [1.82, 2.24) is 14.8 Å². The first-order valence-corrected chi connectivity index (χ1v) is 10.1. The van der Waals surface area contributed by atoms with E-state index in [4.69, 9.17) is 10.00 Å². The highest BCUT2D eigenvalue weighted by molar-refractivity contribution is 5.85. The molecule has 2 saturated heterocycles. The molecule has 7 nitrogen and oxygen atoms in total. The average molecular weight is 389 g/mol. The van der Waals surface area contributed by atoms with Gasteiger partial charge in [0, 0.05) is 25.0 Å². The van der Waals surface area contributed by atoms with Gasteiger partial charge in [0.05, 0.1) is 18.1 Å². The number of nitrogens with zero attached hydrogens (tertiary/aromatic N) is 5. The van der Waals surface area contributed by atoms with Gasteiger partial charge in [0.15, 0.2) is 0 Å². The molecule has 1 amide bonds. The fourth-order valence-corrected chi connectivity index (χ4v) is 4.14. The van der Waals surface area contributed by atoms with Crippen LogP contribution in [0.3, 0.4) is 0 Å². The van der Waals surface area contributed by atoms with Crippen molar-refractivity contribution in [2.24, 2.45) is 0 Å². The fourth-order valence-electron chi connectivity index (χ4n) is 4.14. The maximum Gasteiger partial charge on any atom is 0.237 e. The van der Waals surface area contributed by atoms with Gasteiger partial charge in [-0.2, -0.15) is 10.5 Å². The van der Waals surface area contributed by atoms with Crippen molar-refractivity contribution in [2.45, 2.75) is 37.8 Å². The van der Waals surface area contributed by atoms with Crippen LogP contribution in [-0.2, 0) is 4.79 Å². The molecule has 1 atom stereocenters. The number of hydrogen-bond acceptors (Lipinski definition) is 6. The number of pyridine rings is 1. The molecular formula is C22H23N5O2. The van der Waals surface area contributed by atoms with Crippen LogP contribution in [0, 0.1) is 22.7 Å². The van der Waals surface area contributed by atoms with Gasteiger partial charge in [-0.05, 0) is 49.9 Å². The Morgan fingerprint density at radius 2 is 1.97 bits per heavy atom. The Morgan fingerprint density at radius 1 is 1.14 bits per heavy atom. The van der Waals surface area contributed by atoms with E-state index in [0.717, 1.165) is 55.4 Å². The van der Waals surface area contributed by atoms with E-state index >= 15 is 0 Å². The minimum absolute atomic E-state index is 0.0573. The normalized spacial score (nSPS) is 20.3. The van der Waals surface area contributed by atoms with E-state index in [9.17, 15) is 10.1 Å². The summed E-state index contributed by atoms with van der Waals surface area (Å²) in [5.41, 5.74) is 1.14. The van der Waals surface area contributed by atoms with Crippen LogP contribution in [0.5, 0.6) is 5.75 Å². The Hall–Kier alpha value is -3.16. The molecule has 2 fully saturated rings. The number of fused-ring (bicyclic) bond motifs is 1. The summed E-state index contributed by atoms with van der Waals surface area (Å²) in [7, 11) is 0. The third-order valence-electron chi connectivity index (χ3n) is 5.72. The summed E-state index contributed by atoms with van der Waals surface area (Å²) < 4.78 is 6.24. The maximum atomic E-state index is 12.5. The summed E-state index contributed by atoms with van der Waals surface area (Å²) in [4.78, 5) is 20.7. The molecule has 2 aromatic rings. The SMILES string of the molecule is N#Cc1ccc2c(OC3CCN(CC(=O)N4CCCC4C#N)CC3)cccc2n1. The molecule has 0 saturated carbocycles. The van der Waals surface area contributed by atoms with Crippen LogP contribution in [0.1, 0.15) is 31.4 Å².